The van der Waals surface area contributed by atoms with E-state index in [9.17, 15) is 13.6 Å². The highest BCUT2D eigenvalue weighted by Gasteiger charge is 2.12. The predicted octanol–water partition coefficient (Wildman–Crippen LogP) is 5.07. The fraction of sp³-hybridized carbons (Fsp3) is 0.278. The van der Waals surface area contributed by atoms with E-state index in [1.165, 1.54) is 36.7 Å². The standard InChI is InChI=1S/C18H18ClF2NO3S/c1-3-22(11-13-6-8-16(19)26-13)17(23)9-5-12-4-7-14(25-18(20)21)15(10-12)24-2/h4-10,18H,3,11H2,1-2H3/b9-5-. The molecule has 0 aliphatic carbocycles. The van der Waals surface area contributed by atoms with Crippen molar-refractivity contribution in [2.24, 2.45) is 0 Å². The Labute approximate surface area is 159 Å². The molecule has 0 spiro atoms. The van der Waals surface area contributed by atoms with Gasteiger partial charge in [0.05, 0.1) is 18.0 Å². The minimum atomic E-state index is -2.93. The van der Waals surface area contributed by atoms with Crippen LogP contribution >= 0.6 is 22.9 Å². The molecule has 1 aromatic carbocycles. The molecule has 0 unspecified atom stereocenters. The second-order valence-electron chi connectivity index (χ2n) is 5.18. The van der Waals surface area contributed by atoms with Crippen LogP contribution in [0.25, 0.3) is 6.08 Å². The summed E-state index contributed by atoms with van der Waals surface area (Å²) in [4.78, 5) is 15.0. The first-order valence-electron chi connectivity index (χ1n) is 7.77. The highest BCUT2D eigenvalue weighted by Crippen LogP contribution is 2.30. The first-order valence-corrected chi connectivity index (χ1v) is 8.96. The summed E-state index contributed by atoms with van der Waals surface area (Å²) in [6.45, 7) is -0.0266. The molecule has 140 valence electrons. The topological polar surface area (TPSA) is 38.8 Å². The SMILES string of the molecule is CCN(Cc1ccc(Cl)s1)C(=O)/C=C\c1ccc(OC(F)F)c(OC)c1. The largest absolute Gasteiger partial charge is 0.493 e. The van der Waals surface area contributed by atoms with E-state index in [-0.39, 0.29) is 17.4 Å². The molecule has 4 nitrogen and oxygen atoms in total. The van der Waals surface area contributed by atoms with Crippen LogP contribution in [-0.2, 0) is 11.3 Å². The maximum Gasteiger partial charge on any atom is 0.387 e. The smallest absolute Gasteiger partial charge is 0.387 e. The Morgan fingerprint density at radius 1 is 1.31 bits per heavy atom. The number of thiophene rings is 1. The lowest BCUT2D eigenvalue weighted by Crippen LogP contribution is -2.28. The maximum absolute atomic E-state index is 12.4. The summed E-state index contributed by atoms with van der Waals surface area (Å²) in [5.41, 5.74) is 0.632. The van der Waals surface area contributed by atoms with Crippen molar-refractivity contribution >= 4 is 34.9 Å². The highest BCUT2D eigenvalue weighted by atomic mass is 35.5. The van der Waals surface area contributed by atoms with Crippen LogP contribution in [0.2, 0.25) is 4.34 Å². The molecule has 2 rings (SSSR count). The van der Waals surface area contributed by atoms with E-state index in [0.717, 1.165) is 4.88 Å². The van der Waals surface area contributed by atoms with E-state index in [2.05, 4.69) is 4.74 Å². The Kier molecular flexibility index (Phi) is 7.41. The number of nitrogens with zero attached hydrogens (tertiary/aromatic N) is 1. The number of methoxy groups -OCH3 is 1. The van der Waals surface area contributed by atoms with Crippen molar-refractivity contribution in [1.82, 2.24) is 4.90 Å². The summed E-state index contributed by atoms with van der Waals surface area (Å²) in [5, 5.41) is 0. The zero-order chi connectivity index (χ0) is 19.1. The van der Waals surface area contributed by atoms with Crippen LogP contribution in [0.1, 0.15) is 17.4 Å². The van der Waals surface area contributed by atoms with Gasteiger partial charge in [-0.2, -0.15) is 8.78 Å². The molecule has 2 aromatic rings. The number of likely N-dealkylation sites (N-methyl/N-ethyl adjacent to an activating group) is 1. The van der Waals surface area contributed by atoms with Gasteiger partial charge in [-0.25, -0.2) is 0 Å². The fourth-order valence-electron chi connectivity index (χ4n) is 2.22. The predicted molar refractivity (Wildman–Crippen MR) is 99.1 cm³/mol. The van der Waals surface area contributed by atoms with Crippen molar-refractivity contribution in [2.45, 2.75) is 20.1 Å². The Morgan fingerprint density at radius 2 is 2.08 bits per heavy atom. The normalized spacial score (nSPS) is 11.2. The van der Waals surface area contributed by atoms with Gasteiger partial charge in [-0.1, -0.05) is 17.7 Å². The van der Waals surface area contributed by atoms with Gasteiger partial charge in [0.1, 0.15) is 0 Å². The molecule has 0 aliphatic heterocycles. The van der Waals surface area contributed by atoms with Gasteiger partial charge in [0.2, 0.25) is 5.91 Å². The summed E-state index contributed by atoms with van der Waals surface area (Å²) >= 11 is 7.34. The second kappa shape index (κ2) is 9.54. The van der Waals surface area contributed by atoms with Crippen LogP contribution in [0.5, 0.6) is 11.5 Å². The molecule has 1 heterocycles. The zero-order valence-electron chi connectivity index (χ0n) is 14.2. The number of amides is 1. The third-order valence-corrected chi connectivity index (χ3v) is 4.71. The molecular weight excluding hydrogens is 384 g/mol. The quantitative estimate of drug-likeness (QED) is 0.579. The number of alkyl halides is 2. The molecule has 1 aromatic heterocycles. The summed E-state index contributed by atoms with van der Waals surface area (Å²) in [6, 6.07) is 8.15. The third-order valence-electron chi connectivity index (χ3n) is 3.49. The van der Waals surface area contributed by atoms with Crippen molar-refractivity contribution in [3.8, 4) is 11.5 Å². The number of carbonyl (C=O) groups excluding carboxylic acids is 1. The molecule has 0 bridgehead atoms. The van der Waals surface area contributed by atoms with Gasteiger partial charge in [-0.05, 0) is 42.8 Å². The number of ether oxygens (including phenoxy) is 2. The molecular formula is C18H18ClF2NO3S. The average molecular weight is 402 g/mol. The zero-order valence-corrected chi connectivity index (χ0v) is 15.8. The van der Waals surface area contributed by atoms with Gasteiger partial charge < -0.3 is 14.4 Å². The summed E-state index contributed by atoms with van der Waals surface area (Å²) in [7, 11) is 1.36. The first kappa shape index (κ1) is 20.2. The van der Waals surface area contributed by atoms with E-state index in [0.29, 0.717) is 23.0 Å². The van der Waals surface area contributed by atoms with E-state index >= 15 is 0 Å². The lowest BCUT2D eigenvalue weighted by atomic mass is 10.2. The lowest BCUT2D eigenvalue weighted by molar-refractivity contribution is -0.126. The van der Waals surface area contributed by atoms with Crippen molar-refractivity contribution < 1.29 is 23.0 Å². The van der Waals surface area contributed by atoms with Crippen molar-refractivity contribution in [1.29, 1.82) is 0 Å². The summed E-state index contributed by atoms with van der Waals surface area (Å²) in [5.74, 6) is -0.0555. The van der Waals surface area contributed by atoms with Crippen LogP contribution in [0.3, 0.4) is 0 Å². The number of halogens is 3. The minimum absolute atomic E-state index is 0.0595. The van der Waals surface area contributed by atoms with Gasteiger partial charge in [0.15, 0.2) is 11.5 Å². The molecule has 0 saturated heterocycles. The third kappa shape index (κ3) is 5.71. The van der Waals surface area contributed by atoms with Crippen LogP contribution in [0.15, 0.2) is 36.4 Å². The van der Waals surface area contributed by atoms with Crippen LogP contribution in [0.4, 0.5) is 8.78 Å². The average Bonchev–Trinajstić information content (AvgIpc) is 3.03. The monoisotopic (exact) mass is 401 g/mol. The van der Waals surface area contributed by atoms with Gasteiger partial charge in [0.25, 0.3) is 0 Å². The second-order valence-corrected chi connectivity index (χ2v) is 6.98. The molecule has 0 atom stereocenters. The number of carbonyl (C=O) groups is 1. The van der Waals surface area contributed by atoms with Gasteiger partial charge in [-0.15, -0.1) is 11.3 Å². The number of benzene rings is 1. The van der Waals surface area contributed by atoms with Crippen LogP contribution < -0.4 is 9.47 Å². The molecule has 1 amide bonds. The van der Waals surface area contributed by atoms with Crippen LogP contribution in [0, 0.1) is 0 Å². The van der Waals surface area contributed by atoms with E-state index in [1.54, 1.807) is 23.1 Å². The highest BCUT2D eigenvalue weighted by molar-refractivity contribution is 7.16. The van der Waals surface area contributed by atoms with E-state index < -0.39 is 6.61 Å². The lowest BCUT2D eigenvalue weighted by Gasteiger charge is -2.18. The molecule has 0 aliphatic rings. The van der Waals surface area contributed by atoms with Crippen LogP contribution in [-0.4, -0.2) is 31.1 Å². The van der Waals surface area contributed by atoms with E-state index in [4.69, 9.17) is 16.3 Å². The van der Waals surface area contributed by atoms with Gasteiger partial charge in [0, 0.05) is 17.5 Å². The Balaban J connectivity index is 2.08. The van der Waals surface area contributed by atoms with Gasteiger partial charge in [-0.3, -0.25) is 4.79 Å². The Hall–Kier alpha value is -2.12. The molecule has 8 heteroatoms. The summed E-state index contributed by atoms with van der Waals surface area (Å²) in [6.07, 6.45) is 3.03. The van der Waals surface area contributed by atoms with Crippen molar-refractivity contribution in [2.75, 3.05) is 13.7 Å². The molecule has 0 N–H and O–H groups in total. The molecule has 26 heavy (non-hydrogen) atoms. The van der Waals surface area contributed by atoms with Crippen molar-refractivity contribution in [3.05, 3.63) is 51.2 Å². The minimum Gasteiger partial charge on any atom is -0.493 e. The van der Waals surface area contributed by atoms with Crippen molar-refractivity contribution in [3.63, 3.8) is 0 Å². The number of rotatable bonds is 8. The molecule has 0 radical (unpaired) electrons. The maximum atomic E-state index is 12.4. The summed E-state index contributed by atoms with van der Waals surface area (Å²) < 4.78 is 34.8. The number of hydrogen-bond donors (Lipinski definition) is 0. The Bertz CT molecular complexity index is 780. The first-order chi connectivity index (χ1) is 12.4. The molecule has 0 fully saturated rings. The number of hydrogen-bond acceptors (Lipinski definition) is 4. The van der Waals surface area contributed by atoms with Gasteiger partial charge >= 0.3 is 6.61 Å². The Morgan fingerprint density at radius 3 is 2.65 bits per heavy atom. The fourth-order valence-corrected chi connectivity index (χ4v) is 3.33. The molecule has 0 saturated carbocycles. The van der Waals surface area contributed by atoms with E-state index in [1.807, 2.05) is 13.0 Å².